The molecule has 0 spiro atoms. The molecule has 1 nitrogen and oxygen atoms in total. The molecule has 0 radical (unpaired) electrons. The maximum Gasteiger partial charge on any atom is 0.0466 e. The molecule has 27 heavy (non-hydrogen) atoms. The minimum atomic E-state index is 0.970. The first kappa shape index (κ1) is 21.2. The standard InChI is InChI=1S/C10H22O.2C8H6/c1-3-5-7-9-11-10-8-6-4-2;2*1-2-4-8-6-5-7(8)3-1/h3-10H2,1-2H3;2*1-6H. The lowest BCUT2D eigenvalue weighted by Gasteiger charge is -2.06. The van der Waals surface area contributed by atoms with Crippen molar-refractivity contribution < 1.29 is 4.74 Å². The zero-order valence-electron chi connectivity index (χ0n) is 17.0. The van der Waals surface area contributed by atoms with Gasteiger partial charge in [-0.15, -0.1) is 0 Å². The fourth-order valence-electron chi connectivity index (χ4n) is 2.81. The number of hydrogen-bond acceptors (Lipinski definition) is 1. The van der Waals surface area contributed by atoms with E-state index in [0.717, 1.165) is 13.2 Å². The third-order valence-corrected chi connectivity index (χ3v) is 4.66. The summed E-state index contributed by atoms with van der Waals surface area (Å²) in [6, 6.07) is 16.7. The zero-order valence-corrected chi connectivity index (χ0v) is 17.0. The van der Waals surface area contributed by atoms with E-state index in [-0.39, 0.29) is 0 Å². The Balaban J connectivity index is 0.000000147. The molecule has 1 heteroatoms. The van der Waals surface area contributed by atoms with Gasteiger partial charge in [-0.1, -0.05) is 112 Å². The van der Waals surface area contributed by atoms with Crippen molar-refractivity contribution in [3.63, 3.8) is 0 Å². The average molecular weight is 363 g/mol. The molecule has 0 unspecified atom stereocenters. The summed E-state index contributed by atoms with van der Waals surface area (Å²) in [5.74, 6) is 0. The Hall–Kier alpha value is -2.12. The van der Waals surface area contributed by atoms with Crippen molar-refractivity contribution in [3.8, 4) is 0 Å². The fourth-order valence-corrected chi connectivity index (χ4v) is 2.81. The summed E-state index contributed by atoms with van der Waals surface area (Å²) in [5, 5.41) is 0. The van der Waals surface area contributed by atoms with Crippen molar-refractivity contribution in [2.75, 3.05) is 13.2 Å². The third kappa shape index (κ3) is 7.97. The van der Waals surface area contributed by atoms with E-state index in [1.807, 2.05) is 0 Å². The molecule has 0 aromatic heterocycles. The predicted octanol–water partition coefficient (Wildman–Crippen LogP) is 7.72. The van der Waals surface area contributed by atoms with Crippen LogP contribution in [0.25, 0.3) is 24.3 Å². The number of unbranched alkanes of at least 4 members (excludes halogenated alkanes) is 4. The van der Waals surface area contributed by atoms with E-state index in [1.54, 1.807) is 0 Å². The highest BCUT2D eigenvalue weighted by atomic mass is 16.5. The van der Waals surface area contributed by atoms with E-state index in [4.69, 9.17) is 4.74 Å². The molecule has 0 fully saturated rings. The second-order valence-electron chi connectivity index (χ2n) is 6.95. The van der Waals surface area contributed by atoms with Gasteiger partial charge in [0.2, 0.25) is 0 Å². The van der Waals surface area contributed by atoms with Gasteiger partial charge in [0.05, 0.1) is 0 Å². The maximum absolute atomic E-state index is 5.44. The van der Waals surface area contributed by atoms with Gasteiger partial charge in [0.25, 0.3) is 0 Å². The molecule has 2 aliphatic rings. The van der Waals surface area contributed by atoms with Crippen molar-refractivity contribution in [1.82, 2.24) is 0 Å². The molecule has 2 aromatic carbocycles. The van der Waals surface area contributed by atoms with Crippen molar-refractivity contribution in [3.05, 3.63) is 70.8 Å². The van der Waals surface area contributed by atoms with Crippen LogP contribution in [0.4, 0.5) is 0 Å². The topological polar surface area (TPSA) is 9.23 Å². The highest BCUT2D eigenvalue weighted by molar-refractivity contribution is 5.85. The molecule has 2 aliphatic carbocycles. The van der Waals surface area contributed by atoms with E-state index < -0.39 is 0 Å². The minimum absolute atomic E-state index is 0.970. The summed E-state index contributed by atoms with van der Waals surface area (Å²) < 4.78 is 5.44. The second-order valence-corrected chi connectivity index (χ2v) is 6.95. The van der Waals surface area contributed by atoms with Crippen LogP contribution in [0, 0.1) is 0 Å². The summed E-state index contributed by atoms with van der Waals surface area (Å²) >= 11 is 0. The van der Waals surface area contributed by atoms with E-state index in [9.17, 15) is 0 Å². The molecule has 144 valence electrons. The van der Waals surface area contributed by atoms with E-state index in [2.05, 4.69) is 86.7 Å². The summed E-state index contributed by atoms with van der Waals surface area (Å²) in [6.45, 7) is 6.38. The van der Waals surface area contributed by atoms with Gasteiger partial charge in [0.15, 0.2) is 0 Å². The Morgan fingerprint density at radius 1 is 0.519 bits per heavy atom. The average Bonchev–Trinajstić information content (AvgIpc) is 2.65. The summed E-state index contributed by atoms with van der Waals surface area (Å²) in [7, 11) is 0. The molecular weight excluding hydrogens is 328 g/mol. The Labute approximate surface area is 165 Å². The Bertz CT molecular complexity index is 600. The predicted molar refractivity (Wildman–Crippen MR) is 121 cm³/mol. The van der Waals surface area contributed by atoms with Crippen LogP contribution < -0.4 is 0 Å². The molecule has 0 heterocycles. The van der Waals surface area contributed by atoms with E-state index in [0.29, 0.717) is 0 Å². The van der Waals surface area contributed by atoms with Crippen LogP contribution in [-0.2, 0) is 4.74 Å². The van der Waals surface area contributed by atoms with Crippen molar-refractivity contribution in [1.29, 1.82) is 0 Å². The highest BCUT2D eigenvalue weighted by Gasteiger charge is 2.00. The lowest BCUT2D eigenvalue weighted by atomic mass is 9.99. The molecule has 0 atom stereocenters. The molecule has 2 aromatic rings. The third-order valence-electron chi connectivity index (χ3n) is 4.66. The van der Waals surface area contributed by atoms with Gasteiger partial charge in [-0.05, 0) is 35.1 Å². The van der Waals surface area contributed by atoms with Crippen molar-refractivity contribution >= 4 is 24.3 Å². The number of benzene rings is 2. The van der Waals surface area contributed by atoms with Gasteiger partial charge in [-0.3, -0.25) is 0 Å². The van der Waals surface area contributed by atoms with Gasteiger partial charge in [-0.2, -0.15) is 0 Å². The molecule has 0 aliphatic heterocycles. The van der Waals surface area contributed by atoms with Crippen LogP contribution in [0.2, 0.25) is 0 Å². The fraction of sp³-hybridized carbons (Fsp3) is 0.385. The lowest BCUT2D eigenvalue weighted by molar-refractivity contribution is 0.126. The molecule has 0 bridgehead atoms. The van der Waals surface area contributed by atoms with Crippen LogP contribution in [-0.4, -0.2) is 13.2 Å². The first-order valence-corrected chi connectivity index (χ1v) is 10.5. The van der Waals surface area contributed by atoms with Crippen LogP contribution >= 0.6 is 0 Å². The van der Waals surface area contributed by atoms with Crippen LogP contribution in [0.3, 0.4) is 0 Å². The zero-order chi connectivity index (χ0) is 19.2. The monoisotopic (exact) mass is 362 g/mol. The normalized spacial score (nSPS) is 11.6. The Morgan fingerprint density at radius 2 is 0.852 bits per heavy atom. The quantitative estimate of drug-likeness (QED) is 0.291. The van der Waals surface area contributed by atoms with Gasteiger partial charge in [0.1, 0.15) is 0 Å². The number of fused-ring (bicyclic) bond motifs is 2. The summed E-state index contributed by atoms with van der Waals surface area (Å²) in [4.78, 5) is 0. The summed E-state index contributed by atoms with van der Waals surface area (Å²) in [5.41, 5.74) is 5.47. The first-order chi connectivity index (χ1) is 13.3. The molecule has 0 N–H and O–H groups in total. The smallest absolute Gasteiger partial charge is 0.0466 e. The van der Waals surface area contributed by atoms with Crippen LogP contribution in [0.1, 0.15) is 74.6 Å². The first-order valence-electron chi connectivity index (χ1n) is 10.5. The second kappa shape index (κ2) is 13.1. The molecular formula is C26H34O. The molecule has 0 amide bonds. The molecule has 4 rings (SSSR count). The van der Waals surface area contributed by atoms with E-state index in [1.165, 1.54) is 60.8 Å². The van der Waals surface area contributed by atoms with Crippen molar-refractivity contribution in [2.24, 2.45) is 0 Å². The number of rotatable bonds is 8. The van der Waals surface area contributed by atoms with Gasteiger partial charge >= 0.3 is 0 Å². The van der Waals surface area contributed by atoms with Crippen LogP contribution in [0.5, 0.6) is 0 Å². The van der Waals surface area contributed by atoms with Crippen molar-refractivity contribution in [2.45, 2.75) is 52.4 Å². The van der Waals surface area contributed by atoms with E-state index >= 15 is 0 Å². The van der Waals surface area contributed by atoms with Gasteiger partial charge < -0.3 is 4.74 Å². The lowest BCUT2D eigenvalue weighted by Crippen LogP contribution is -1.96. The number of ether oxygens (including phenoxy) is 1. The SMILES string of the molecule is C1=Cc2ccccc21.C1=Cc2ccccc21.CCCCCOCCCCC. The van der Waals surface area contributed by atoms with Crippen LogP contribution in [0.15, 0.2) is 48.5 Å². The van der Waals surface area contributed by atoms with Gasteiger partial charge in [0, 0.05) is 13.2 Å². The summed E-state index contributed by atoms with van der Waals surface area (Å²) in [6.07, 6.45) is 16.2. The molecule has 0 saturated carbocycles. The number of hydrogen-bond donors (Lipinski definition) is 0. The largest absolute Gasteiger partial charge is 0.381 e. The Morgan fingerprint density at radius 3 is 1.07 bits per heavy atom. The molecule has 0 saturated heterocycles. The minimum Gasteiger partial charge on any atom is -0.381 e. The van der Waals surface area contributed by atoms with Gasteiger partial charge in [-0.25, -0.2) is 0 Å². The highest BCUT2D eigenvalue weighted by Crippen LogP contribution is 2.22. The maximum atomic E-state index is 5.44. The Kier molecular flexibility index (Phi) is 10.3.